The van der Waals surface area contributed by atoms with Gasteiger partial charge in [0.05, 0.1) is 17.3 Å². The second kappa shape index (κ2) is 6.71. The quantitative estimate of drug-likeness (QED) is 0.715. The summed E-state index contributed by atoms with van der Waals surface area (Å²) in [5, 5.41) is 9.19. The van der Waals surface area contributed by atoms with E-state index in [1.807, 2.05) is 16.7 Å². The highest BCUT2D eigenvalue weighted by Gasteiger charge is 2.35. The van der Waals surface area contributed by atoms with Gasteiger partial charge in [0, 0.05) is 55.1 Å². The number of nitrogens with zero attached hydrogens (tertiary/aromatic N) is 6. The van der Waals surface area contributed by atoms with E-state index >= 15 is 0 Å². The van der Waals surface area contributed by atoms with Crippen molar-refractivity contribution in [2.45, 2.75) is 18.9 Å². The minimum atomic E-state index is -0.0116. The molecular weight excluding hydrogens is 366 g/mol. The van der Waals surface area contributed by atoms with Gasteiger partial charge in [0.25, 0.3) is 5.56 Å². The molecular formula is C21H19N7O. The van der Waals surface area contributed by atoms with E-state index in [-0.39, 0.29) is 11.5 Å². The van der Waals surface area contributed by atoms with Gasteiger partial charge in [0.15, 0.2) is 0 Å². The number of hydrogen-bond donors (Lipinski definition) is 1. The molecule has 0 unspecified atom stereocenters. The first-order valence-corrected chi connectivity index (χ1v) is 9.54. The summed E-state index contributed by atoms with van der Waals surface area (Å²) in [4.78, 5) is 27.7. The highest BCUT2D eigenvalue weighted by Crippen LogP contribution is 2.37. The predicted molar refractivity (Wildman–Crippen MR) is 108 cm³/mol. The van der Waals surface area contributed by atoms with Crippen molar-refractivity contribution >= 4 is 11.6 Å². The first kappa shape index (κ1) is 17.4. The van der Waals surface area contributed by atoms with Gasteiger partial charge in [-0.25, -0.2) is 15.0 Å². The Labute approximate surface area is 167 Å². The number of rotatable bonds is 2. The van der Waals surface area contributed by atoms with E-state index in [0.29, 0.717) is 29.5 Å². The van der Waals surface area contributed by atoms with Crippen molar-refractivity contribution in [3.63, 3.8) is 0 Å². The standard InChI is InChI=1S/C21H19N7O/c22-8-13-1-2-24-20(4-13)27-9-14-3-16(11-27)18-5-15(6-21(29)28(18)10-14)17-7-19(23)26-12-25-17/h1-2,4-7,12,14,16H,3,9-11H2,(H2,23,25,26)/t14-,16+/m0/s1. The molecule has 0 radical (unpaired) electrons. The van der Waals surface area contributed by atoms with Gasteiger partial charge in [-0.2, -0.15) is 5.26 Å². The number of aromatic nitrogens is 4. The number of hydrogen-bond acceptors (Lipinski definition) is 7. The summed E-state index contributed by atoms with van der Waals surface area (Å²) in [5.74, 6) is 1.77. The zero-order valence-corrected chi connectivity index (χ0v) is 15.7. The van der Waals surface area contributed by atoms with Crippen LogP contribution in [0.1, 0.15) is 23.6 Å². The second-order valence-corrected chi connectivity index (χ2v) is 7.66. The smallest absolute Gasteiger partial charge is 0.251 e. The average Bonchev–Trinajstić information content (AvgIpc) is 2.74. The molecule has 2 aliphatic rings. The molecule has 8 heteroatoms. The first-order valence-electron chi connectivity index (χ1n) is 9.54. The Morgan fingerprint density at radius 3 is 2.83 bits per heavy atom. The van der Waals surface area contributed by atoms with Gasteiger partial charge in [0.1, 0.15) is 18.0 Å². The average molecular weight is 385 g/mol. The maximum atomic E-state index is 12.8. The highest BCUT2D eigenvalue weighted by molar-refractivity contribution is 5.62. The van der Waals surface area contributed by atoms with Gasteiger partial charge in [-0.3, -0.25) is 4.79 Å². The summed E-state index contributed by atoms with van der Waals surface area (Å²) < 4.78 is 1.89. The molecule has 2 bridgehead atoms. The van der Waals surface area contributed by atoms with Gasteiger partial charge in [-0.15, -0.1) is 0 Å². The van der Waals surface area contributed by atoms with Crippen molar-refractivity contribution in [1.29, 1.82) is 5.26 Å². The van der Waals surface area contributed by atoms with Crippen molar-refractivity contribution < 1.29 is 0 Å². The molecule has 29 heavy (non-hydrogen) atoms. The van der Waals surface area contributed by atoms with E-state index in [2.05, 4.69) is 25.9 Å². The fourth-order valence-electron chi connectivity index (χ4n) is 4.49. The molecule has 5 heterocycles. The third-order valence-corrected chi connectivity index (χ3v) is 5.74. The lowest BCUT2D eigenvalue weighted by Gasteiger charge is -2.43. The van der Waals surface area contributed by atoms with Crippen LogP contribution < -0.4 is 16.2 Å². The Kier molecular flexibility index (Phi) is 4.02. The topological polar surface area (TPSA) is 114 Å². The lowest BCUT2D eigenvalue weighted by atomic mass is 9.82. The summed E-state index contributed by atoms with van der Waals surface area (Å²) in [6.07, 6.45) is 4.12. The summed E-state index contributed by atoms with van der Waals surface area (Å²) in [6, 6.07) is 11.1. The van der Waals surface area contributed by atoms with E-state index in [1.165, 1.54) is 6.33 Å². The van der Waals surface area contributed by atoms with Crippen LogP contribution >= 0.6 is 0 Å². The largest absolute Gasteiger partial charge is 0.384 e. The molecule has 2 atom stereocenters. The van der Waals surface area contributed by atoms with E-state index in [0.717, 1.165) is 36.6 Å². The Hall–Kier alpha value is -3.73. The van der Waals surface area contributed by atoms with Crippen molar-refractivity contribution in [2.24, 2.45) is 5.92 Å². The van der Waals surface area contributed by atoms with E-state index in [1.54, 1.807) is 24.4 Å². The second-order valence-electron chi connectivity index (χ2n) is 7.66. The van der Waals surface area contributed by atoms with Crippen LogP contribution in [-0.4, -0.2) is 32.6 Å². The van der Waals surface area contributed by atoms with Gasteiger partial charge in [-0.05, 0) is 30.5 Å². The van der Waals surface area contributed by atoms with Crippen LogP contribution in [0.4, 0.5) is 11.6 Å². The number of nitrogens with two attached hydrogens (primary N) is 1. The molecule has 1 saturated heterocycles. The molecule has 2 N–H and O–H groups in total. The Morgan fingerprint density at radius 1 is 1.10 bits per heavy atom. The summed E-state index contributed by atoms with van der Waals surface area (Å²) in [5.41, 5.74) is 8.80. The normalized spacial score (nSPS) is 20.0. The van der Waals surface area contributed by atoms with Crippen LogP contribution in [0.2, 0.25) is 0 Å². The number of piperidine rings is 1. The molecule has 0 aromatic carbocycles. The lowest BCUT2D eigenvalue weighted by Crippen LogP contribution is -2.47. The Bertz CT molecular complexity index is 1200. The molecule has 0 aliphatic carbocycles. The summed E-state index contributed by atoms with van der Waals surface area (Å²) in [6.45, 7) is 2.27. The zero-order valence-electron chi connectivity index (χ0n) is 15.7. The predicted octanol–water partition coefficient (Wildman–Crippen LogP) is 1.78. The van der Waals surface area contributed by atoms with Crippen LogP contribution in [0, 0.1) is 17.2 Å². The SMILES string of the molecule is N#Cc1ccnc(N2C[C@@H]3C[C@H](C2)c2cc(-c4cc(N)ncn4)cc(=O)n2C3)c1. The number of nitriles is 1. The van der Waals surface area contributed by atoms with Crippen LogP contribution in [0.15, 0.2) is 47.7 Å². The molecule has 1 fully saturated rings. The van der Waals surface area contributed by atoms with Crippen LogP contribution in [0.5, 0.6) is 0 Å². The lowest BCUT2D eigenvalue weighted by molar-refractivity contribution is 0.281. The molecule has 144 valence electrons. The number of nitrogen functional groups attached to an aromatic ring is 1. The summed E-state index contributed by atoms with van der Waals surface area (Å²) >= 11 is 0. The number of anilines is 2. The highest BCUT2D eigenvalue weighted by atomic mass is 16.1. The van der Waals surface area contributed by atoms with Crippen molar-refractivity contribution in [1.82, 2.24) is 19.5 Å². The third kappa shape index (κ3) is 3.10. The van der Waals surface area contributed by atoms with Crippen LogP contribution in [0.3, 0.4) is 0 Å². The van der Waals surface area contributed by atoms with Crippen LogP contribution in [-0.2, 0) is 6.54 Å². The van der Waals surface area contributed by atoms with Gasteiger partial charge < -0.3 is 15.2 Å². The number of fused-ring (bicyclic) bond motifs is 4. The van der Waals surface area contributed by atoms with Crippen molar-refractivity contribution in [2.75, 3.05) is 23.7 Å². The van der Waals surface area contributed by atoms with Crippen LogP contribution in [0.25, 0.3) is 11.3 Å². The van der Waals surface area contributed by atoms with E-state index in [9.17, 15) is 10.1 Å². The Balaban J connectivity index is 1.53. The fraction of sp³-hybridized carbons (Fsp3) is 0.286. The number of pyridine rings is 2. The maximum absolute atomic E-state index is 12.8. The van der Waals surface area contributed by atoms with Gasteiger partial charge >= 0.3 is 0 Å². The van der Waals surface area contributed by atoms with Gasteiger partial charge in [-0.1, -0.05) is 0 Å². The molecule has 8 nitrogen and oxygen atoms in total. The Morgan fingerprint density at radius 2 is 2.00 bits per heavy atom. The molecule has 5 rings (SSSR count). The van der Waals surface area contributed by atoms with E-state index < -0.39 is 0 Å². The first-order chi connectivity index (χ1) is 14.1. The van der Waals surface area contributed by atoms with E-state index in [4.69, 9.17) is 5.73 Å². The van der Waals surface area contributed by atoms with Crippen molar-refractivity contribution in [3.8, 4) is 17.3 Å². The molecule has 2 aliphatic heterocycles. The zero-order chi connectivity index (χ0) is 20.0. The molecule has 0 saturated carbocycles. The molecule has 0 spiro atoms. The minimum absolute atomic E-state index is 0.0116. The minimum Gasteiger partial charge on any atom is -0.384 e. The molecule has 3 aromatic heterocycles. The third-order valence-electron chi connectivity index (χ3n) is 5.74. The van der Waals surface area contributed by atoms with Gasteiger partial charge in [0.2, 0.25) is 0 Å². The molecule has 3 aromatic rings. The molecule has 0 amide bonds. The fourth-order valence-corrected chi connectivity index (χ4v) is 4.49. The maximum Gasteiger partial charge on any atom is 0.251 e. The summed E-state index contributed by atoms with van der Waals surface area (Å²) in [7, 11) is 0. The van der Waals surface area contributed by atoms with Crippen molar-refractivity contribution in [3.05, 3.63) is 64.5 Å². The monoisotopic (exact) mass is 385 g/mol.